The van der Waals surface area contributed by atoms with E-state index in [1.807, 2.05) is 0 Å². The smallest absolute Gasteiger partial charge is 0.217 e. The van der Waals surface area contributed by atoms with Gasteiger partial charge in [-0.15, -0.1) is 0 Å². The van der Waals surface area contributed by atoms with E-state index in [0.29, 0.717) is 12.8 Å². The summed E-state index contributed by atoms with van der Waals surface area (Å²) in [7, 11) is 0. The van der Waals surface area contributed by atoms with Gasteiger partial charge < -0.3 is 10.8 Å². The summed E-state index contributed by atoms with van der Waals surface area (Å²) < 4.78 is 0. The van der Waals surface area contributed by atoms with Crippen LogP contribution >= 0.6 is 0 Å². The lowest BCUT2D eigenvalue weighted by Crippen LogP contribution is -2.17. The van der Waals surface area contributed by atoms with E-state index < -0.39 is 0 Å². The highest BCUT2D eigenvalue weighted by molar-refractivity contribution is 5.73. The highest BCUT2D eigenvalue weighted by atomic mass is 16.3. The Morgan fingerprint density at radius 1 is 1.50 bits per heavy atom. The fraction of sp³-hybridized carbons (Fsp3) is 0.889. The van der Waals surface area contributed by atoms with Crippen molar-refractivity contribution < 1.29 is 9.90 Å². The predicted molar refractivity (Wildman–Crippen MR) is 48.5 cm³/mol. The number of rotatable bonds is 7. The molecule has 0 aromatic carbocycles. The van der Waals surface area contributed by atoms with E-state index in [-0.39, 0.29) is 18.4 Å². The molecule has 0 fully saturated rings. The molecule has 0 aliphatic rings. The Bertz CT molecular complexity index is 126. The molecule has 0 aliphatic carbocycles. The first-order valence-electron chi connectivity index (χ1n) is 4.59. The molecule has 1 atom stereocenters. The molecule has 0 radical (unpaired) electrons. The van der Waals surface area contributed by atoms with Crippen LogP contribution in [0.5, 0.6) is 0 Å². The molecular formula is C9H19NO2. The summed E-state index contributed by atoms with van der Waals surface area (Å²) in [6, 6.07) is 0. The first-order valence-corrected chi connectivity index (χ1v) is 4.59. The molecule has 1 amide bonds. The minimum atomic E-state index is -0.260. The maximum absolute atomic E-state index is 10.6. The molecule has 1 unspecified atom stereocenters. The number of unbranched alkanes of at least 4 members (excludes halogenated alkanes) is 1. The molecule has 0 bridgehead atoms. The molecule has 0 heterocycles. The standard InChI is InChI=1S/C9H19NO2/c1-2-3-4-8(5-6-11)7-9(10)12/h8,11H,2-7H2,1H3,(H2,10,12). The number of aliphatic hydroxyl groups is 1. The van der Waals surface area contributed by atoms with Gasteiger partial charge in [0.05, 0.1) is 0 Å². The van der Waals surface area contributed by atoms with Gasteiger partial charge in [0, 0.05) is 13.0 Å². The molecular weight excluding hydrogens is 154 g/mol. The summed E-state index contributed by atoms with van der Waals surface area (Å²) >= 11 is 0. The summed E-state index contributed by atoms with van der Waals surface area (Å²) in [5.41, 5.74) is 5.07. The maximum Gasteiger partial charge on any atom is 0.217 e. The van der Waals surface area contributed by atoms with Crippen LogP contribution in [-0.4, -0.2) is 17.6 Å². The molecule has 0 rings (SSSR count). The van der Waals surface area contributed by atoms with Gasteiger partial charge >= 0.3 is 0 Å². The second-order valence-electron chi connectivity index (χ2n) is 3.19. The third kappa shape index (κ3) is 6.16. The topological polar surface area (TPSA) is 63.3 Å². The van der Waals surface area contributed by atoms with Gasteiger partial charge in [0.25, 0.3) is 0 Å². The number of carbonyl (C=O) groups is 1. The van der Waals surface area contributed by atoms with E-state index >= 15 is 0 Å². The average Bonchev–Trinajstić information content (AvgIpc) is 2.00. The number of carbonyl (C=O) groups excluding carboxylic acids is 1. The number of aliphatic hydroxyl groups excluding tert-OH is 1. The van der Waals surface area contributed by atoms with Gasteiger partial charge in [0.15, 0.2) is 0 Å². The molecule has 3 heteroatoms. The van der Waals surface area contributed by atoms with Crippen LogP contribution in [-0.2, 0) is 4.79 Å². The monoisotopic (exact) mass is 173 g/mol. The number of nitrogens with two attached hydrogens (primary N) is 1. The molecule has 0 saturated carbocycles. The van der Waals surface area contributed by atoms with Crippen molar-refractivity contribution in [3.05, 3.63) is 0 Å². The number of hydrogen-bond donors (Lipinski definition) is 2. The summed E-state index contributed by atoms with van der Waals surface area (Å²) in [6.07, 6.45) is 4.35. The Morgan fingerprint density at radius 2 is 2.17 bits per heavy atom. The van der Waals surface area contributed by atoms with Crippen molar-refractivity contribution in [3.8, 4) is 0 Å². The van der Waals surface area contributed by atoms with Gasteiger partial charge in [-0.25, -0.2) is 0 Å². The molecule has 3 nitrogen and oxygen atoms in total. The van der Waals surface area contributed by atoms with Gasteiger partial charge in [-0.3, -0.25) is 4.79 Å². The van der Waals surface area contributed by atoms with Crippen LogP contribution < -0.4 is 5.73 Å². The average molecular weight is 173 g/mol. The van der Waals surface area contributed by atoms with Crippen molar-refractivity contribution in [2.75, 3.05) is 6.61 Å². The molecule has 0 spiro atoms. The number of hydrogen-bond acceptors (Lipinski definition) is 2. The molecule has 3 N–H and O–H groups in total. The van der Waals surface area contributed by atoms with Gasteiger partial charge in [-0.05, 0) is 18.8 Å². The van der Waals surface area contributed by atoms with E-state index in [4.69, 9.17) is 10.8 Å². The molecule has 0 saturated heterocycles. The lowest BCUT2D eigenvalue weighted by atomic mass is 9.95. The summed E-state index contributed by atoms with van der Waals surface area (Å²) in [5, 5.41) is 8.70. The van der Waals surface area contributed by atoms with Gasteiger partial charge in [-0.1, -0.05) is 19.8 Å². The third-order valence-corrected chi connectivity index (χ3v) is 1.99. The second-order valence-corrected chi connectivity index (χ2v) is 3.19. The van der Waals surface area contributed by atoms with E-state index in [1.165, 1.54) is 0 Å². The zero-order chi connectivity index (χ0) is 9.40. The normalized spacial score (nSPS) is 12.8. The van der Waals surface area contributed by atoms with Crippen molar-refractivity contribution in [1.82, 2.24) is 0 Å². The fourth-order valence-electron chi connectivity index (χ4n) is 1.31. The Labute approximate surface area is 74.0 Å². The third-order valence-electron chi connectivity index (χ3n) is 1.99. The molecule has 12 heavy (non-hydrogen) atoms. The molecule has 0 aromatic heterocycles. The first kappa shape index (κ1) is 11.4. The highest BCUT2D eigenvalue weighted by Gasteiger charge is 2.10. The minimum absolute atomic E-state index is 0.154. The largest absolute Gasteiger partial charge is 0.396 e. The Kier molecular flexibility index (Phi) is 6.76. The summed E-state index contributed by atoms with van der Waals surface area (Å²) in [4.78, 5) is 10.6. The first-order chi connectivity index (χ1) is 5.70. The molecule has 72 valence electrons. The lowest BCUT2D eigenvalue weighted by molar-refractivity contribution is -0.119. The number of primary amides is 1. The van der Waals surface area contributed by atoms with E-state index in [2.05, 4.69) is 6.92 Å². The Hall–Kier alpha value is -0.570. The van der Waals surface area contributed by atoms with Crippen molar-refractivity contribution in [1.29, 1.82) is 0 Å². The Balaban J connectivity index is 3.61. The SMILES string of the molecule is CCCCC(CCO)CC(N)=O. The maximum atomic E-state index is 10.6. The lowest BCUT2D eigenvalue weighted by Gasteiger charge is -2.12. The van der Waals surface area contributed by atoms with Crippen molar-refractivity contribution in [2.45, 2.75) is 39.0 Å². The summed E-state index contributed by atoms with van der Waals surface area (Å²) in [6.45, 7) is 2.27. The van der Waals surface area contributed by atoms with Crippen molar-refractivity contribution in [3.63, 3.8) is 0 Å². The van der Waals surface area contributed by atoms with Crippen LogP contribution in [0, 0.1) is 5.92 Å². The van der Waals surface area contributed by atoms with Crippen LogP contribution in [0.15, 0.2) is 0 Å². The van der Waals surface area contributed by atoms with Crippen LogP contribution in [0.2, 0.25) is 0 Å². The van der Waals surface area contributed by atoms with Crippen LogP contribution in [0.4, 0.5) is 0 Å². The second kappa shape index (κ2) is 7.10. The van der Waals surface area contributed by atoms with Crippen LogP contribution in [0.25, 0.3) is 0 Å². The summed E-state index contributed by atoms with van der Waals surface area (Å²) in [5.74, 6) is 0.0250. The van der Waals surface area contributed by atoms with Gasteiger partial charge in [0.2, 0.25) is 5.91 Å². The van der Waals surface area contributed by atoms with E-state index in [0.717, 1.165) is 19.3 Å². The van der Waals surface area contributed by atoms with Gasteiger partial charge in [-0.2, -0.15) is 0 Å². The predicted octanol–water partition coefficient (Wildman–Crippen LogP) is 1.05. The zero-order valence-corrected chi connectivity index (χ0v) is 7.75. The number of amides is 1. The van der Waals surface area contributed by atoms with E-state index in [1.54, 1.807) is 0 Å². The minimum Gasteiger partial charge on any atom is -0.396 e. The van der Waals surface area contributed by atoms with Crippen LogP contribution in [0.1, 0.15) is 39.0 Å². The van der Waals surface area contributed by atoms with E-state index in [9.17, 15) is 4.79 Å². The van der Waals surface area contributed by atoms with Gasteiger partial charge in [0.1, 0.15) is 0 Å². The molecule has 0 aromatic rings. The quantitative estimate of drug-likeness (QED) is 0.604. The molecule has 0 aliphatic heterocycles. The van der Waals surface area contributed by atoms with Crippen molar-refractivity contribution in [2.24, 2.45) is 11.7 Å². The Morgan fingerprint density at radius 3 is 2.58 bits per heavy atom. The van der Waals surface area contributed by atoms with Crippen molar-refractivity contribution >= 4 is 5.91 Å². The zero-order valence-electron chi connectivity index (χ0n) is 7.75. The van der Waals surface area contributed by atoms with Crippen LogP contribution in [0.3, 0.4) is 0 Å². The fourth-order valence-corrected chi connectivity index (χ4v) is 1.31. The highest BCUT2D eigenvalue weighted by Crippen LogP contribution is 2.15.